The van der Waals surface area contributed by atoms with Crippen LogP contribution in [0.2, 0.25) is 0 Å². The molecule has 3 atom stereocenters. The molecule has 1 heteroatoms. The number of fused-ring (bicyclic) bond motifs is 1. The number of rotatable bonds is 1. The molecule has 0 radical (unpaired) electrons. The van der Waals surface area contributed by atoms with Gasteiger partial charge in [-0.05, 0) is 23.7 Å². The third-order valence-corrected chi connectivity index (χ3v) is 3.94. The molecule has 62 valence electrons. The van der Waals surface area contributed by atoms with Gasteiger partial charge in [-0.3, -0.25) is 4.79 Å². The lowest BCUT2D eigenvalue weighted by atomic mass is 9.90. The van der Waals surface area contributed by atoms with Crippen LogP contribution in [0, 0.1) is 23.2 Å². The molecule has 0 amide bonds. The van der Waals surface area contributed by atoms with Gasteiger partial charge in [0.05, 0.1) is 0 Å². The van der Waals surface area contributed by atoms with Gasteiger partial charge in [-0.15, -0.1) is 0 Å². The van der Waals surface area contributed by atoms with Gasteiger partial charge in [0, 0.05) is 12.3 Å². The Kier molecular flexibility index (Phi) is 1.25. The van der Waals surface area contributed by atoms with Crippen molar-refractivity contribution in [1.82, 2.24) is 0 Å². The minimum absolute atomic E-state index is 0.373. The maximum atomic E-state index is 11.3. The first-order chi connectivity index (χ1) is 5.08. The molecule has 11 heavy (non-hydrogen) atoms. The topological polar surface area (TPSA) is 17.1 Å². The summed E-state index contributed by atoms with van der Waals surface area (Å²) in [6, 6.07) is 0. The van der Waals surface area contributed by atoms with Gasteiger partial charge in [0.1, 0.15) is 5.78 Å². The molecule has 0 bridgehead atoms. The second-order valence-corrected chi connectivity index (χ2v) is 4.63. The zero-order valence-electron chi connectivity index (χ0n) is 7.55. The molecule has 2 fully saturated rings. The number of carbonyl (C=O) groups is 1. The quantitative estimate of drug-likeness (QED) is 0.563. The van der Waals surface area contributed by atoms with Crippen molar-refractivity contribution >= 4 is 5.78 Å². The molecule has 0 aromatic heterocycles. The second kappa shape index (κ2) is 1.88. The Morgan fingerprint density at radius 3 is 2.45 bits per heavy atom. The lowest BCUT2D eigenvalue weighted by Crippen LogP contribution is -2.10. The lowest BCUT2D eigenvalue weighted by Gasteiger charge is -2.14. The second-order valence-electron chi connectivity index (χ2n) is 4.63. The average Bonchev–Trinajstić information content (AvgIpc) is 2.57. The molecule has 0 aliphatic heterocycles. The largest absolute Gasteiger partial charge is 0.299 e. The third-order valence-electron chi connectivity index (χ3n) is 3.94. The van der Waals surface area contributed by atoms with E-state index >= 15 is 0 Å². The van der Waals surface area contributed by atoms with Gasteiger partial charge in [-0.2, -0.15) is 0 Å². The fourth-order valence-corrected chi connectivity index (χ4v) is 2.81. The molecular weight excluding hydrogens is 136 g/mol. The first-order valence-electron chi connectivity index (χ1n) is 4.60. The van der Waals surface area contributed by atoms with Crippen LogP contribution < -0.4 is 0 Å². The summed E-state index contributed by atoms with van der Waals surface area (Å²) in [6.45, 7) is 6.61. The molecule has 1 nitrogen and oxygen atoms in total. The molecule has 0 N–H and O–H groups in total. The van der Waals surface area contributed by atoms with Crippen LogP contribution >= 0.6 is 0 Å². The number of hydrogen-bond donors (Lipinski definition) is 0. The van der Waals surface area contributed by atoms with Crippen LogP contribution in [-0.4, -0.2) is 5.78 Å². The Morgan fingerprint density at radius 2 is 2.18 bits per heavy atom. The standard InChI is InChI=1S/C10H16O/c1-6(2)10-4-8(10)7(3)9(11)5-10/h6-8H,4-5H2,1-3H3/t7?,8?,10-/m1/s1. The molecular formula is C10H16O. The van der Waals surface area contributed by atoms with Crippen molar-refractivity contribution in [1.29, 1.82) is 0 Å². The Hall–Kier alpha value is -0.330. The van der Waals surface area contributed by atoms with Crippen LogP contribution in [-0.2, 0) is 4.79 Å². The molecule has 0 aromatic carbocycles. The van der Waals surface area contributed by atoms with Crippen LogP contribution in [0.25, 0.3) is 0 Å². The fourth-order valence-electron chi connectivity index (χ4n) is 2.81. The van der Waals surface area contributed by atoms with E-state index in [0.29, 0.717) is 23.0 Å². The summed E-state index contributed by atoms with van der Waals surface area (Å²) < 4.78 is 0. The van der Waals surface area contributed by atoms with Gasteiger partial charge in [0.15, 0.2) is 0 Å². The summed E-state index contributed by atoms with van der Waals surface area (Å²) in [7, 11) is 0. The van der Waals surface area contributed by atoms with E-state index in [9.17, 15) is 4.79 Å². The van der Waals surface area contributed by atoms with Crippen molar-refractivity contribution < 1.29 is 4.79 Å². The smallest absolute Gasteiger partial charge is 0.136 e. The first kappa shape index (κ1) is 7.33. The first-order valence-corrected chi connectivity index (χ1v) is 4.60. The van der Waals surface area contributed by atoms with E-state index in [1.165, 1.54) is 6.42 Å². The molecule has 0 heterocycles. The SMILES string of the molecule is CC1C(=O)C[C@@]2(C(C)C)CC12. The zero-order valence-corrected chi connectivity index (χ0v) is 7.55. The predicted octanol–water partition coefficient (Wildman–Crippen LogP) is 2.26. The molecule has 2 rings (SSSR count). The molecule has 2 unspecified atom stereocenters. The van der Waals surface area contributed by atoms with Gasteiger partial charge < -0.3 is 0 Å². The van der Waals surface area contributed by atoms with Crippen molar-refractivity contribution in [2.45, 2.75) is 33.6 Å². The maximum Gasteiger partial charge on any atom is 0.136 e. The molecule has 0 saturated heterocycles. The van der Waals surface area contributed by atoms with Crippen LogP contribution in [0.3, 0.4) is 0 Å². The van der Waals surface area contributed by atoms with Crippen molar-refractivity contribution in [3.8, 4) is 0 Å². The van der Waals surface area contributed by atoms with Gasteiger partial charge in [-0.1, -0.05) is 20.8 Å². The summed E-state index contributed by atoms with van der Waals surface area (Å²) in [5.74, 6) is 2.34. The van der Waals surface area contributed by atoms with Gasteiger partial charge in [0.2, 0.25) is 0 Å². The maximum absolute atomic E-state index is 11.3. The Morgan fingerprint density at radius 1 is 1.55 bits per heavy atom. The zero-order chi connectivity index (χ0) is 8.22. The van der Waals surface area contributed by atoms with E-state index in [1.807, 2.05) is 0 Å². The summed E-state index contributed by atoms with van der Waals surface area (Å²) in [5.41, 5.74) is 0.455. The van der Waals surface area contributed by atoms with Gasteiger partial charge >= 0.3 is 0 Å². The molecule has 0 spiro atoms. The molecule has 2 saturated carbocycles. The summed E-state index contributed by atoms with van der Waals surface area (Å²) in [5, 5.41) is 0. The Labute approximate surface area is 68.2 Å². The van der Waals surface area contributed by atoms with Gasteiger partial charge in [0.25, 0.3) is 0 Å². The van der Waals surface area contributed by atoms with Crippen molar-refractivity contribution in [3.05, 3.63) is 0 Å². The monoisotopic (exact) mass is 152 g/mol. The predicted molar refractivity (Wildman–Crippen MR) is 44.2 cm³/mol. The molecule has 2 aliphatic rings. The molecule has 0 aromatic rings. The number of ketones is 1. The van der Waals surface area contributed by atoms with E-state index in [0.717, 1.165) is 12.3 Å². The van der Waals surface area contributed by atoms with Crippen LogP contribution in [0.5, 0.6) is 0 Å². The fraction of sp³-hybridized carbons (Fsp3) is 0.900. The lowest BCUT2D eigenvalue weighted by molar-refractivity contribution is -0.121. The highest BCUT2D eigenvalue weighted by Gasteiger charge is 2.64. The third kappa shape index (κ3) is 0.743. The van der Waals surface area contributed by atoms with Crippen molar-refractivity contribution in [2.24, 2.45) is 23.2 Å². The van der Waals surface area contributed by atoms with Crippen LogP contribution in [0.4, 0.5) is 0 Å². The Bertz CT molecular complexity index is 207. The minimum Gasteiger partial charge on any atom is -0.299 e. The summed E-state index contributed by atoms with van der Waals surface area (Å²) in [4.78, 5) is 11.3. The van der Waals surface area contributed by atoms with E-state index in [4.69, 9.17) is 0 Å². The van der Waals surface area contributed by atoms with E-state index in [1.54, 1.807) is 0 Å². The number of hydrogen-bond acceptors (Lipinski definition) is 1. The van der Waals surface area contributed by atoms with E-state index < -0.39 is 0 Å². The number of Topliss-reactive ketones (excluding diaryl/α,β-unsaturated/α-hetero) is 1. The highest BCUT2D eigenvalue weighted by atomic mass is 16.1. The molecule has 2 aliphatic carbocycles. The van der Waals surface area contributed by atoms with E-state index in [2.05, 4.69) is 20.8 Å². The Balaban J connectivity index is 2.20. The van der Waals surface area contributed by atoms with Crippen molar-refractivity contribution in [2.75, 3.05) is 0 Å². The minimum atomic E-state index is 0.373. The van der Waals surface area contributed by atoms with Crippen LogP contribution in [0.1, 0.15) is 33.6 Å². The van der Waals surface area contributed by atoms with Crippen molar-refractivity contribution in [3.63, 3.8) is 0 Å². The normalized spacial score (nSPS) is 48.2. The summed E-state index contributed by atoms with van der Waals surface area (Å²) in [6.07, 6.45) is 2.19. The van der Waals surface area contributed by atoms with E-state index in [-0.39, 0.29) is 0 Å². The van der Waals surface area contributed by atoms with Crippen LogP contribution in [0.15, 0.2) is 0 Å². The average molecular weight is 152 g/mol. The summed E-state index contributed by atoms with van der Waals surface area (Å²) >= 11 is 0. The van der Waals surface area contributed by atoms with Gasteiger partial charge in [-0.25, -0.2) is 0 Å². The highest BCUT2D eigenvalue weighted by Crippen LogP contribution is 2.68. The number of carbonyl (C=O) groups excluding carboxylic acids is 1. The highest BCUT2D eigenvalue weighted by molar-refractivity contribution is 5.86.